The number of hydrogen-bond acceptors (Lipinski definition) is 11. The van der Waals surface area contributed by atoms with Gasteiger partial charge >= 0.3 is 11.9 Å². The quantitative estimate of drug-likeness (QED) is 0.138. The number of carboxylic acids is 1. The van der Waals surface area contributed by atoms with Crippen molar-refractivity contribution < 1.29 is 58.7 Å². The summed E-state index contributed by atoms with van der Waals surface area (Å²) in [6.45, 7) is 15.3. The number of aryl methyl sites for hydroxylation is 1. The number of esters is 1. The number of Topliss-reactive ketones (excluding diaryl/α,β-unsaturated/α-hetero) is 1. The lowest BCUT2D eigenvalue weighted by molar-refractivity contribution is -0.228. The highest BCUT2D eigenvalue weighted by atomic mass is 16.6. The van der Waals surface area contributed by atoms with Gasteiger partial charge in [-0.2, -0.15) is 0 Å². The van der Waals surface area contributed by atoms with Crippen molar-refractivity contribution in [1.82, 2.24) is 15.5 Å². The van der Waals surface area contributed by atoms with E-state index in [1.165, 1.54) is 11.8 Å². The van der Waals surface area contributed by atoms with Crippen molar-refractivity contribution in [2.45, 2.75) is 123 Å². The lowest BCUT2D eigenvalue weighted by Crippen LogP contribution is -2.59. The number of rotatable bonds is 15. The van der Waals surface area contributed by atoms with Crippen LogP contribution in [-0.2, 0) is 57.7 Å². The first-order valence-corrected chi connectivity index (χ1v) is 17.4. The average Bonchev–Trinajstić information content (AvgIpc) is 3.29. The van der Waals surface area contributed by atoms with Gasteiger partial charge in [-0.05, 0) is 69.6 Å². The summed E-state index contributed by atoms with van der Waals surface area (Å²) in [5.41, 5.74) is 1.50. The molecule has 0 saturated carbocycles. The van der Waals surface area contributed by atoms with Crippen LogP contribution < -0.4 is 10.6 Å². The largest absolute Gasteiger partial charge is 0.479 e. The SMILES string of the molecule is C=C1CC(C)C(=O)N1CC(=O)N[C@H](C(=O)N[C@@H](C)C(=O)Cc1ccc(COC(=O)C(C)(C)C)c(CCC2O[C@H](C(=O)O)[C@@H](O)[C@H](O)[C@H]2O)c1)C(C)C. The van der Waals surface area contributed by atoms with E-state index in [1.807, 2.05) is 0 Å². The zero-order valence-electron chi connectivity index (χ0n) is 30.9. The first kappa shape index (κ1) is 42.2. The molecule has 0 aromatic heterocycles. The maximum atomic E-state index is 13.3. The van der Waals surface area contributed by atoms with Gasteiger partial charge in [-0.15, -0.1) is 0 Å². The van der Waals surface area contributed by atoms with Crippen molar-refractivity contribution in [2.75, 3.05) is 6.54 Å². The summed E-state index contributed by atoms with van der Waals surface area (Å²) in [7, 11) is 0. The van der Waals surface area contributed by atoms with E-state index in [0.717, 1.165) is 0 Å². The number of nitrogens with zero attached hydrogens (tertiary/aromatic N) is 1. The van der Waals surface area contributed by atoms with Gasteiger partial charge in [0.05, 0.1) is 17.6 Å². The van der Waals surface area contributed by atoms with Gasteiger partial charge in [0.15, 0.2) is 11.9 Å². The maximum Gasteiger partial charge on any atom is 0.335 e. The fraction of sp³-hybridized carbons (Fsp3) is 0.622. The molecule has 52 heavy (non-hydrogen) atoms. The molecule has 0 bridgehead atoms. The van der Waals surface area contributed by atoms with Crippen molar-refractivity contribution in [3.63, 3.8) is 0 Å². The first-order valence-electron chi connectivity index (χ1n) is 17.4. The Labute approximate surface area is 303 Å². The Morgan fingerprint density at radius 2 is 1.67 bits per heavy atom. The van der Waals surface area contributed by atoms with Gasteiger partial charge in [0.1, 0.15) is 37.5 Å². The van der Waals surface area contributed by atoms with Gasteiger partial charge in [-0.25, -0.2) is 4.79 Å². The van der Waals surface area contributed by atoms with Crippen LogP contribution in [0.5, 0.6) is 0 Å². The lowest BCUT2D eigenvalue weighted by atomic mass is 9.90. The van der Waals surface area contributed by atoms with E-state index in [2.05, 4.69) is 17.2 Å². The molecular weight excluding hydrogens is 678 g/mol. The fourth-order valence-electron chi connectivity index (χ4n) is 6.01. The maximum absolute atomic E-state index is 13.3. The number of hydrogen-bond donors (Lipinski definition) is 6. The number of aliphatic carboxylic acids is 1. The van der Waals surface area contributed by atoms with E-state index in [1.54, 1.807) is 59.7 Å². The fourth-order valence-corrected chi connectivity index (χ4v) is 6.01. The molecule has 288 valence electrons. The number of ketones is 1. The molecule has 2 fully saturated rings. The third-order valence-electron chi connectivity index (χ3n) is 9.29. The number of aliphatic hydroxyl groups is 3. The molecule has 2 saturated heterocycles. The third kappa shape index (κ3) is 10.7. The highest BCUT2D eigenvalue weighted by Crippen LogP contribution is 2.27. The van der Waals surface area contributed by atoms with E-state index in [-0.39, 0.29) is 55.9 Å². The molecule has 1 aromatic rings. The molecular formula is C37H53N3O12. The number of nitrogens with one attached hydrogen (secondary N) is 2. The molecule has 2 unspecified atom stereocenters. The molecule has 2 aliphatic heterocycles. The van der Waals surface area contributed by atoms with E-state index >= 15 is 0 Å². The number of allylic oxidation sites excluding steroid dienone is 1. The average molecular weight is 732 g/mol. The highest BCUT2D eigenvalue weighted by molar-refractivity contribution is 5.95. The summed E-state index contributed by atoms with van der Waals surface area (Å²) in [6.07, 6.45) is -7.56. The smallest absolute Gasteiger partial charge is 0.335 e. The number of carbonyl (C=O) groups excluding carboxylic acids is 5. The van der Waals surface area contributed by atoms with E-state index in [4.69, 9.17) is 9.47 Å². The van der Waals surface area contributed by atoms with Crippen LogP contribution in [0.2, 0.25) is 0 Å². The summed E-state index contributed by atoms with van der Waals surface area (Å²) in [5.74, 6) is -4.23. The molecule has 15 nitrogen and oxygen atoms in total. The normalized spacial score (nSPS) is 24.7. The molecule has 0 aliphatic carbocycles. The van der Waals surface area contributed by atoms with Gasteiger partial charge in [0.2, 0.25) is 17.7 Å². The van der Waals surface area contributed by atoms with Crippen LogP contribution in [0, 0.1) is 17.3 Å². The van der Waals surface area contributed by atoms with Gasteiger partial charge in [0, 0.05) is 18.0 Å². The molecule has 2 heterocycles. The topological polar surface area (TPSA) is 229 Å². The van der Waals surface area contributed by atoms with E-state index in [9.17, 15) is 49.2 Å². The van der Waals surface area contributed by atoms with Crippen molar-refractivity contribution in [3.8, 4) is 0 Å². The van der Waals surface area contributed by atoms with Crippen molar-refractivity contribution in [1.29, 1.82) is 0 Å². The molecule has 6 N–H and O–H groups in total. The molecule has 0 spiro atoms. The predicted molar refractivity (Wildman–Crippen MR) is 186 cm³/mol. The summed E-state index contributed by atoms with van der Waals surface area (Å²) in [4.78, 5) is 77.2. The monoisotopic (exact) mass is 731 g/mol. The van der Waals surface area contributed by atoms with Crippen LogP contribution >= 0.6 is 0 Å². The minimum absolute atomic E-state index is 0.0141. The first-order chi connectivity index (χ1) is 24.1. The standard InChI is InChI=1S/C37H53N3O12/c1-18(2)28(39-27(42)16-40-20(4)13-19(3)34(40)47)33(46)38-21(5)25(41)15-22-9-10-24(17-51-36(50)37(6,7)8)23(14-22)11-12-26-29(43)30(44)31(45)32(52-26)35(48)49/h9-10,14,18-19,21,26,28-32,43-45H,4,11-13,15-17H2,1-3,5-8H3,(H,38,46)(H,39,42)(H,48,49)/t19?,21-,26?,28-,29-,30+,31-,32-/m0/s1. The molecule has 0 radical (unpaired) electrons. The number of carbonyl (C=O) groups is 6. The number of likely N-dealkylation sites (tertiary alicyclic amines) is 1. The van der Waals surface area contributed by atoms with Gasteiger partial charge in [-0.1, -0.05) is 45.5 Å². The summed E-state index contributed by atoms with van der Waals surface area (Å²) < 4.78 is 10.9. The zero-order chi connectivity index (χ0) is 39.2. The molecule has 1 aromatic carbocycles. The Morgan fingerprint density at radius 1 is 1.02 bits per heavy atom. The molecule has 2 aliphatic rings. The van der Waals surface area contributed by atoms with Crippen LogP contribution in [-0.4, -0.2) is 110 Å². The van der Waals surface area contributed by atoms with Crippen LogP contribution in [0.4, 0.5) is 0 Å². The van der Waals surface area contributed by atoms with E-state index < -0.39 is 71.8 Å². The molecule has 3 amide bonds. The Morgan fingerprint density at radius 3 is 2.23 bits per heavy atom. The van der Waals surface area contributed by atoms with Crippen LogP contribution in [0.25, 0.3) is 0 Å². The number of aliphatic hydroxyl groups excluding tert-OH is 3. The minimum atomic E-state index is -1.83. The van der Waals surface area contributed by atoms with Crippen molar-refractivity contribution >= 4 is 35.4 Å². The summed E-state index contributed by atoms with van der Waals surface area (Å²) >= 11 is 0. The minimum Gasteiger partial charge on any atom is -0.479 e. The van der Waals surface area contributed by atoms with Crippen LogP contribution in [0.3, 0.4) is 0 Å². The number of benzene rings is 1. The zero-order valence-corrected chi connectivity index (χ0v) is 30.9. The number of amides is 3. The Kier molecular flexibility index (Phi) is 14.3. The van der Waals surface area contributed by atoms with Gasteiger partial charge < -0.3 is 45.4 Å². The predicted octanol–water partition coefficient (Wildman–Crippen LogP) is 0.782. The second-order valence-corrected chi connectivity index (χ2v) is 15.1. The van der Waals surface area contributed by atoms with Crippen LogP contribution in [0.15, 0.2) is 30.5 Å². The molecule has 15 heteroatoms. The van der Waals surface area contributed by atoms with Gasteiger partial charge in [-0.3, -0.25) is 24.0 Å². The number of carboxylic acid groups (broad SMARTS) is 1. The highest BCUT2D eigenvalue weighted by Gasteiger charge is 2.46. The Bertz CT molecular complexity index is 1540. The third-order valence-corrected chi connectivity index (χ3v) is 9.29. The second kappa shape index (κ2) is 17.6. The number of ether oxygens (including phenoxy) is 2. The van der Waals surface area contributed by atoms with Crippen molar-refractivity contribution in [2.24, 2.45) is 17.3 Å². The Balaban J connectivity index is 1.72. The van der Waals surface area contributed by atoms with Gasteiger partial charge in [0.25, 0.3) is 0 Å². The van der Waals surface area contributed by atoms with Crippen molar-refractivity contribution in [3.05, 3.63) is 47.2 Å². The lowest BCUT2D eigenvalue weighted by Gasteiger charge is -2.39. The van der Waals surface area contributed by atoms with E-state index in [0.29, 0.717) is 28.8 Å². The van der Waals surface area contributed by atoms with Crippen LogP contribution in [0.1, 0.15) is 78.0 Å². The second-order valence-electron chi connectivity index (χ2n) is 15.1. The molecule has 3 rings (SSSR count). The summed E-state index contributed by atoms with van der Waals surface area (Å²) in [5, 5.41) is 45.6. The Hall–Kier alpha value is -4.18. The molecule has 8 atom stereocenters. The summed E-state index contributed by atoms with van der Waals surface area (Å²) in [6, 6.07) is 3.12.